The second-order valence-electron chi connectivity index (χ2n) is 5.39. The molecule has 2 amide bonds. The van der Waals surface area contributed by atoms with Crippen molar-refractivity contribution in [1.29, 1.82) is 0 Å². The second kappa shape index (κ2) is 7.26. The predicted molar refractivity (Wildman–Crippen MR) is 85.7 cm³/mol. The lowest BCUT2D eigenvalue weighted by molar-refractivity contribution is -0.138. The number of halogens is 1. The zero-order valence-electron chi connectivity index (χ0n) is 11.7. The van der Waals surface area contributed by atoms with E-state index in [1.165, 1.54) is 4.88 Å². The Balaban J connectivity index is 1.78. The highest BCUT2D eigenvalue weighted by Gasteiger charge is 2.37. The molecule has 116 valence electrons. The standard InChI is InChI=1S/C14H19BrN2O3S/c15-11-4-3-10(21-11)5-8-16-13(20)17-14(9-12(18)19)6-1-2-7-14/h3-4H,1-2,5-9H2,(H,18,19)(H2,16,17,20). The monoisotopic (exact) mass is 374 g/mol. The van der Waals surface area contributed by atoms with Gasteiger partial charge >= 0.3 is 12.0 Å². The Hall–Kier alpha value is -1.08. The Labute approximate surface area is 136 Å². The predicted octanol–water partition coefficient (Wildman–Crippen LogP) is 3.14. The molecule has 1 aromatic heterocycles. The van der Waals surface area contributed by atoms with Crippen LogP contribution in [0.4, 0.5) is 4.79 Å². The highest BCUT2D eigenvalue weighted by atomic mass is 79.9. The molecule has 0 spiro atoms. The SMILES string of the molecule is O=C(O)CC1(NC(=O)NCCc2ccc(Br)s2)CCCC1. The molecule has 7 heteroatoms. The van der Waals surface area contributed by atoms with Crippen LogP contribution in [0.5, 0.6) is 0 Å². The molecule has 5 nitrogen and oxygen atoms in total. The average Bonchev–Trinajstić information content (AvgIpc) is 2.98. The lowest BCUT2D eigenvalue weighted by Crippen LogP contribution is -2.51. The number of nitrogens with one attached hydrogen (secondary N) is 2. The van der Waals surface area contributed by atoms with E-state index in [1.54, 1.807) is 11.3 Å². The van der Waals surface area contributed by atoms with Crippen molar-refractivity contribution in [2.24, 2.45) is 0 Å². The van der Waals surface area contributed by atoms with Gasteiger partial charge in [-0.15, -0.1) is 11.3 Å². The number of carbonyl (C=O) groups is 2. The highest BCUT2D eigenvalue weighted by Crippen LogP contribution is 2.32. The fourth-order valence-corrected chi connectivity index (χ4v) is 4.24. The summed E-state index contributed by atoms with van der Waals surface area (Å²) < 4.78 is 1.08. The number of carboxylic acid groups (broad SMARTS) is 1. The molecule has 0 aromatic carbocycles. The number of carboxylic acids is 1. The Morgan fingerprint density at radius 3 is 2.62 bits per heavy atom. The first-order valence-electron chi connectivity index (χ1n) is 7.01. The Morgan fingerprint density at radius 1 is 1.33 bits per heavy atom. The van der Waals surface area contributed by atoms with Gasteiger partial charge in [0.15, 0.2) is 0 Å². The molecule has 0 radical (unpaired) electrons. The zero-order chi connectivity index (χ0) is 15.3. The van der Waals surface area contributed by atoms with Gasteiger partial charge in [0.2, 0.25) is 0 Å². The average molecular weight is 375 g/mol. The maximum absolute atomic E-state index is 12.0. The summed E-state index contributed by atoms with van der Waals surface area (Å²) in [6.45, 7) is 0.544. The molecule has 1 aliphatic rings. The van der Waals surface area contributed by atoms with Crippen LogP contribution < -0.4 is 10.6 Å². The first-order valence-corrected chi connectivity index (χ1v) is 8.62. The van der Waals surface area contributed by atoms with Gasteiger partial charge < -0.3 is 15.7 Å². The molecule has 0 bridgehead atoms. The van der Waals surface area contributed by atoms with E-state index in [0.29, 0.717) is 6.54 Å². The number of thiophene rings is 1. The van der Waals surface area contributed by atoms with Crippen LogP contribution in [0.1, 0.15) is 37.0 Å². The summed E-state index contributed by atoms with van der Waals surface area (Å²) in [7, 11) is 0. The van der Waals surface area contributed by atoms with Crippen LogP contribution in [-0.4, -0.2) is 29.2 Å². The van der Waals surface area contributed by atoms with Gasteiger partial charge in [-0.25, -0.2) is 4.79 Å². The van der Waals surface area contributed by atoms with Gasteiger partial charge in [-0.1, -0.05) is 12.8 Å². The summed E-state index contributed by atoms with van der Waals surface area (Å²) in [4.78, 5) is 24.1. The van der Waals surface area contributed by atoms with Gasteiger partial charge in [-0.3, -0.25) is 4.79 Å². The zero-order valence-corrected chi connectivity index (χ0v) is 14.1. The van der Waals surface area contributed by atoms with E-state index in [2.05, 4.69) is 26.6 Å². The minimum atomic E-state index is -0.861. The molecule has 1 aromatic rings. The van der Waals surface area contributed by atoms with E-state index in [0.717, 1.165) is 35.9 Å². The highest BCUT2D eigenvalue weighted by molar-refractivity contribution is 9.11. The molecule has 0 aliphatic heterocycles. The van der Waals surface area contributed by atoms with E-state index in [-0.39, 0.29) is 12.5 Å². The normalized spacial score (nSPS) is 16.6. The molecule has 21 heavy (non-hydrogen) atoms. The summed E-state index contributed by atoms with van der Waals surface area (Å²) in [6.07, 6.45) is 4.19. The van der Waals surface area contributed by atoms with Gasteiger partial charge in [-0.2, -0.15) is 0 Å². The lowest BCUT2D eigenvalue weighted by atomic mass is 9.93. The van der Waals surface area contributed by atoms with Crippen LogP contribution in [0.2, 0.25) is 0 Å². The summed E-state index contributed by atoms with van der Waals surface area (Å²) in [5.41, 5.74) is -0.568. The molecule has 1 fully saturated rings. The third-order valence-electron chi connectivity index (χ3n) is 3.71. The van der Waals surface area contributed by atoms with Crippen molar-refractivity contribution in [2.75, 3.05) is 6.54 Å². The Bertz CT molecular complexity index is 512. The molecular formula is C14H19BrN2O3S. The topological polar surface area (TPSA) is 78.4 Å². The van der Waals surface area contributed by atoms with Crippen LogP contribution >= 0.6 is 27.3 Å². The Morgan fingerprint density at radius 2 is 2.05 bits per heavy atom. The number of urea groups is 1. The van der Waals surface area contributed by atoms with Crippen LogP contribution in [0, 0.1) is 0 Å². The number of carbonyl (C=O) groups excluding carboxylic acids is 1. The van der Waals surface area contributed by atoms with Crippen LogP contribution in [0.25, 0.3) is 0 Å². The molecule has 0 atom stereocenters. The quantitative estimate of drug-likeness (QED) is 0.715. The third-order valence-corrected chi connectivity index (χ3v) is 5.40. The number of hydrogen-bond acceptors (Lipinski definition) is 3. The maximum atomic E-state index is 12.0. The molecule has 0 saturated heterocycles. The van der Waals surface area contributed by atoms with Crippen molar-refractivity contribution in [3.8, 4) is 0 Å². The van der Waals surface area contributed by atoms with E-state index >= 15 is 0 Å². The molecule has 1 saturated carbocycles. The van der Waals surface area contributed by atoms with Crippen LogP contribution in [0.15, 0.2) is 15.9 Å². The van der Waals surface area contributed by atoms with Crippen molar-refractivity contribution < 1.29 is 14.7 Å². The summed E-state index contributed by atoms with van der Waals surface area (Å²) in [5, 5.41) is 14.7. The largest absolute Gasteiger partial charge is 0.481 e. The molecule has 3 N–H and O–H groups in total. The van der Waals surface area contributed by atoms with Gasteiger partial charge in [0.1, 0.15) is 0 Å². The first-order chi connectivity index (χ1) is 9.99. The van der Waals surface area contributed by atoms with Crippen molar-refractivity contribution in [3.63, 3.8) is 0 Å². The Kier molecular flexibility index (Phi) is 5.64. The van der Waals surface area contributed by atoms with Crippen LogP contribution in [-0.2, 0) is 11.2 Å². The molecule has 1 aliphatic carbocycles. The lowest BCUT2D eigenvalue weighted by Gasteiger charge is -2.28. The number of amides is 2. The van der Waals surface area contributed by atoms with Gasteiger partial charge in [0, 0.05) is 11.4 Å². The number of aliphatic carboxylic acids is 1. The van der Waals surface area contributed by atoms with Crippen molar-refractivity contribution in [3.05, 3.63) is 20.8 Å². The molecule has 2 rings (SSSR count). The van der Waals surface area contributed by atoms with E-state index in [9.17, 15) is 9.59 Å². The maximum Gasteiger partial charge on any atom is 0.315 e. The van der Waals surface area contributed by atoms with Gasteiger partial charge in [0.25, 0.3) is 0 Å². The van der Waals surface area contributed by atoms with E-state index in [1.807, 2.05) is 12.1 Å². The number of hydrogen-bond donors (Lipinski definition) is 3. The summed E-state index contributed by atoms with van der Waals surface area (Å²) >= 11 is 5.05. The molecule has 1 heterocycles. The second-order valence-corrected chi connectivity index (χ2v) is 7.94. The fourth-order valence-electron chi connectivity index (χ4n) is 2.76. The van der Waals surface area contributed by atoms with Crippen molar-refractivity contribution in [2.45, 2.75) is 44.1 Å². The number of rotatable bonds is 6. The van der Waals surface area contributed by atoms with E-state index < -0.39 is 11.5 Å². The van der Waals surface area contributed by atoms with Crippen molar-refractivity contribution in [1.82, 2.24) is 10.6 Å². The minimum absolute atomic E-state index is 0.00170. The van der Waals surface area contributed by atoms with Gasteiger partial charge in [-0.05, 0) is 47.3 Å². The summed E-state index contributed by atoms with van der Waals surface area (Å²) in [6, 6.07) is 3.74. The van der Waals surface area contributed by atoms with Gasteiger partial charge in [0.05, 0.1) is 15.7 Å². The summed E-state index contributed by atoms with van der Waals surface area (Å²) in [5.74, 6) is -0.861. The van der Waals surface area contributed by atoms with Crippen LogP contribution in [0.3, 0.4) is 0 Å². The molecule has 0 unspecified atom stereocenters. The minimum Gasteiger partial charge on any atom is -0.481 e. The fraction of sp³-hybridized carbons (Fsp3) is 0.571. The third kappa shape index (κ3) is 5.00. The smallest absolute Gasteiger partial charge is 0.315 e. The van der Waals surface area contributed by atoms with Crippen molar-refractivity contribution >= 4 is 39.3 Å². The first kappa shape index (κ1) is 16.3. The van der Waals surface area contributed by atoms with E-state index in [4.69, 9.17) is 5.11 Å². The molecular weight excluding hydrogens is 356 g/mol.